The van der Waals surface area contributed by atoms with Crippen molar-refractivity contribution in [1.82, 2.24) is 29.9 Å². The Morgan fingerprint density at radius 1 is 0.941 bits per heavy atom. The van der Waals surface area contributed by atoms with Crippen LogP contribution in [0.3, 0.4) is 0 Å². The first-order valence-corrected chi connectivity index (χ1v) is 11.1. The molecular formula is C25H19ClN8. The minimum absolute atomic E-state index is 0.398. The summed E-state index contributed by atoms with van der Waals surface area (Å²) in [6.45, 7) is 0.520. The number of fused-ring (bicyclic) bond motifs is 2. The van der Waals surface area contributed by atoms with Crippen LogP contribution in [0.1, 0.15) is 5.56 Å². The highest BCUT2D eigenvalue weighted by atomic mass is 35.5. The number of aromatic amines is 1. The molecule has 0 saturated heterocycles. The van der Waals surface area contributed by atoms with Crippen molar-refractivity contribution < 1.29 is 0 Å². The van der Waals surface area contributed by atoms with Crippen LogP contribution >= 0.6 is 11.6 Å². The van der Waals surface area contributed by atoms with Crippen LogP contribution in [-0.4, -0.2) is 29.9 Å². The van der Waals surface area contributed by atoms with E-state index in [9.17, 15) is 0 Å². The maximum absolute atomic E-state index is 6.35. The molecular weight excluding hydrogens is 448 g/mol. The van der Waals surface area contributed by atoms with Gasteiger partial charge in [-0.1, -0.05) is 77.5 Å². The third-order valence-electron chi connectivity index (χ3n) is 5.72. The molecule has 0 amide bonds. The fourth-order valence-electron chi connectivity index (χ4n) is 4.17. The molecule has 4 N–H and O–H groups in total. The van der Waals surface area contributed by atoms with Gasteiger partial charge in [0.25, 0.3) is 0 Å². The summed E-state index contributed by atoms with van der Waals surface area (Å²) in [7, 11) is 0. The van der Waals surface area contributed by atoms with Crippen molar-refractivity contribution in [1.29, 1.82) is 0 Å². The van der Waals surface area contributed by atoms with Gasteiger partial charge in [0.15, 0.2) is 22.8 Å². The molecule has 0 aliphatic heterocycles. The molecule has 0 fully saturated rings. The molecule has 0 spiro atoms. The molecule has 0 saturated carbocycles. The van der Waals surface area contributed by atoms with E-state index in [1.165, 1.54) is 0 Å². The van der Waals surface area contributed by atoms with Gasteiger partial charge in [0.2, 0.25) is 0 Å². The summed E-state index contributed by atoms with van der Waals surface area (Å²) in [4.78, 5) is 13.0. The van der Waals surface area contributed by atoms with Gasteiger partial charge < -0.3 is 10.4 Å². The van der Waals surface area contributed by atoms with Crippen molar-refractivity contribution in [2.45, 2.75) is 6.54 Å². The number of rotatable bonds is 5. The van der Waals surface area contributed by atoms with Gasteiger partial charge in [0, 0.05) is 21.5 Å². The highest BCUT2D eigenvalue weighted by Crippen LogP contribution is 2.39. The van der Waals surface area contributed by atoms with Crippen molar-refractivity contribution in [2.24, 2.45) is 5.84 Å². The Hall–Kier alpha value is -4.27. The lowest BCUT2D eigenvalue weighted by Gasteiger charge is -2.08. The maximum atomic E-state index is 6.35. The van der Waals surface area contributed by atoms with Crippen LogP contribution in [0.5, 0.6) is 0 Å². The first-order chi connectivity index (χ1) is 16.7. The Morgan fingerprint density at radius 2 is 1.71 bits per heavy atom. The molecule has 0 atom stereocenters. The highest BCUT2D eigenvalue weighted by Gasteiger charge is 2.21. The number of nitrogen functional groups attached to an aromatic ring is 1. The van der Waals surface area contributed by atoms with E-state index < -0.39 is 0 Å². The number of anilines is 1. The van der Waals surface area contributed by atoms with Crippen molar-refractivity contribution in [3.05, 3.63) is 89.4 Å². The van der Waals surface area contributed by atoms with Gasteiger partial charge in [-0.25, -0.2) is 20.5 Å². The predicted molar refractivity (Wildman–Crippen MR) is 134 cm³/mol. The van der Waals surface area contributed by atoms with E-state index in [4.69, 9.17) is 22.4 Å². The van der Waals surface area contributed by atoms with Crippen LogP contribution in [0.2, 0.25) is 5.02 Å². The van der Waals surface area contributed by atoms with Crippen LogP contribution in [-0.2, 0) is 6.54 Å². The number of benzene rings is 3. The predicted octanol–water partition coefficient (Wildman–Crippen LogP) is 5.02. The smallest absolute Gasteiger partial charge is 0.184 e. The van der Waals surface area contributed by atoms with Gasteiger partial charge in [-0.2, -0.15) is 0 Å². The summed E-state index contributed by atoms with van der Waals surface area (Å²) >= 11 is 6.35. The summed E-state index contributed by atoms with van der Waals surface area (Å²) in [6.07, 6.45) is 0. The van der Waals surface area contributed by atoms with Crippen molar-refractivity contribution in [3.63, 3.8) is 0 Å². The molecule has 6 aromatic rings. The number of hydrazine groups is 1. The van der Waals surface area contributed by atoms with Gasteiger partial charge in [-0.05, 0) is 29.3 Å². The van der Waals surface area contributed by atoms with E-state index in [2.05, 4.69) is 37.8 Å². The Kier molecular flexibility index (Phi) is 4.94. The molecule has 0 bridgehead atoms. The lowest BCUT2D eigenvalue weighted by atomic mass is 10.0. The molecule has 3 aromatic heterocycles. The fraction of sp³-hybridized carbons (Fsp3) is 0.0400. The van der Waals surface area contributed by atoms with Crippen molar-refractivity contribution in [3.8, 4) is 22.6 Å². The van der Waals surface area contributed by atoms with E-state index in [1.54, 1.807) is 4.68 Å². The SMILES string of the molecule is NNc1nc(-c2[nH]c3ccc(Cl)cc3c2-c2ccccc2)nc2c1nnn2Cc1ccccc1. The molecule has 0 aliphatic carbocycles. The second-order valence-electron chi connectivity index (χ2n) is 7.88. The molecule has 6 rings (SSSR count). The lowest BCUT2D eigenvalue weighted by molar-refractivity contribution is 0.664. The number of hydrogen-bond donors (Lipinski definition) is 3. The first-order valence-electron chi connectivity index (χ1n) is 10.7. The largest absolute Gasteiger partial charge is 0.351 e. The van der Waals surface area contributed by atoms with Crippen LogP contribution in [0, 0.1) is 0 Å². The summed E-state index contributed by atoms with van der Waals surface area (Å²) in [5, 5.41) is 10.2. The molecule has 3 heterocycles. The van der Waals surface area contributed by atoms with Crippen molar-refractivity contribution in [2.75, 3.05) is 5.43 Å². The number of H-pyrrole nitrogens is 1. The zero-order chi connectivity index (χ0) is 23.1. The lowest BCUT2D eigenvalue weighted by Crippen LogP contribution is -2.11. The Morgan fingerprint density at radius 3 is 2.47 bits per heavy atom. The molecule has 9 heteroatoms. The molecule has 166 valence electrons. The van der Waals surface area contributed by atoms with E-state index in [0.717, 1.165) is 33.3 Å². The average molecular weight is 467 g/mol. The maximum Gasteiger partial charge on any atom is 0.184 e. The second-order valence-corrected chi connectivity index (χ2v) is 8.31. The molecule has 8 nitrogen and oxygen atoms in total. The van der Waals surface area contributed by atoms with E-state index >= 15 is 0 Å². The Labute approximate surface area is 199 Å². The molecule has 0 unspecified atom stereocenters. The van der Waals surface area contributed by atoms with E-state index in [0.29, 0.717) is 34.4 Å². The van der Waals surface area contributed by atoms with Crippen molar-refractivity contribution >= 4 is 39.5 Å². The van der Waals surface area contributed by atoms with Crippen LogP contribution in [0.15, 0.2) is 78.9 Å². The number of halogens is 1. The van der Waals surface area contributed by atoms with Crippen LogP contribution in [0.4, 0.5) is 5.82 Å². The monoisotopic (exact) mass is 466 g/mol. The van der Waals surface area contributed by atoms with Crippen LogP contribution < -0.4 is 11.3 Å². The van der Waals surface area contributed by atoms with E-state index in [1.807, 2.05) is 66.7 Å². The molecule has 0 aliphatic rings. The second kappa shape index (κ2) is 8.26. The molecule has 0 radical (unpaired) electrons. The number of nitrogens with one attached hydrogen (secondary N) is 2. The zero-order valence-corrected chi connectivity index (χ0v) is 18.7. The average Bonchev–Trinajstić information content (AvgIpc) is 3.46. The highest BCUT2D eigenvalue weighted by molar-refractivity contribution is 6.31. The number of nitrogens with two attached hydrogens (primary N) is 1. The zero-order valence-electron chi connectivity index (χ0n) is 17.9. The Balaban J connectivity index is 1.59. The molecule has 3 aromatic carbocycles. The molecule has 34 heavy (non-hydrogen) atoms. The number of aromatic nitrogens is 6. The Bertz CT molecular complexity index is 1620. The summed E-state index contributed by atoms with van der Waals surface area (Å²) in [5.74, 6) is 6.70. The third-order valence-corrected chi connectivity index (χ3v) is 5.96. The first kappa shape index (κ1) is 20.3. The van der Waals surface area contributed by atoms with E-state index in [-0.39, 0.29) is 0 Å². The summed E-state index contributed by atoms with van der Waals surface area (Å²) < 4.78 is 1.75. The quantitative estimate of drug-likeness (QED) is 0.243. The number of nitrogens with zero attached hydrogens (tertiary/aromatic N) is 5. The van der Waals surface area contributed by atoms with Gasteiger partial charge in [-0.15, -0.1) is 5.10 Å². The van der Waals surface area contributed by atoms with Crippen LogP contribution in [0.25, 0.3) is 44.7 Å². The normalized spacial score (nSPS) is 11.4. The van der Waals surface area contributed by atoms with Gasteiger partial charge >= 0.3 is 0 Å². The van der Waals surface area contributed by atoms with Gasteiger partial charge in [0.1, 0.15) is 0 Å². The fourth-order valence-corrected chi connectivity index (χ4v) is 4.34. The van der Waals surface area contributed by atoms with Gasteiger partial charge in [-0.3, -0.25) is 0 Å². The minimum Gasteiger partial charge on any atom is -0.351 e. The topological polar surface area (TPSA) is 110 Å². The summed E-state index contributed by atoms with van der Waals surface area (Å²) in [6, 6.07) is 25.9. The minimum atomic E-state index is 0.398. The van der Waals surface area contributed by atoms with Gasteiger partial charge in [0.05, 0.1) is 12.2 Å². The standard InChI is InChI=1S/C25H19ClN8/c26-17-11-12-19-18(13-17)20(16-9-5-2-6-10-16)21(28-19)23-29-24(31-27)22-25(30-23)34(33-32-22)14-15-7-3-1-4-8-15/h1-13,28H,14,27H2,(H,29,30,31). The summed E-state index contributed by atoms with van der Waals surface area (Å²) in [5.41, 5.74) is 8.50. The number of hydrogen-bond acceptors (Lipinski definition) is 6. The third kappa shape index (κ3) is 3.45.